The van der Waals surface area contributed by atoms with Crippen LogP contribution in [0.25, 0.3) is 0 Å². The van der Waals surface area contributed by atoms with Crippen molar-refractivity contribution in [3.63, 3.8) is 0 Å². The summed E-state index contributed by atoms with van der Waals surface area (Å²) >= 11 is 0. The van der Waals surface area contributed by atoms with Gasteiger partial charge in [-0.2, -0.15) is 0 Å². The number of carboxylic acids is 1. The first kappa shape index (κ1) is 29.5. The second-order valence-corrected chi connectivity index (χ2v) is 13.1. The number of hydrogen-bond acceptors (Lipinski definition) is 6. The molecule has 42 heavy (non-hydrogen) atoms. The first-order valence-electron chi connectivity index (χ1n) is 14.4. The Kier molecular flexibility index (Phi) is 7.77. The highest BCUT2D eigenvalue weighted by atomic mass is 19.1. The number of halogens is 1. The number of methoxy groups -OCH3 is 1. The molecule has 2 aromatic carbocycles. The van der Waals surface area contributed by atoms with E-state index >= 15 is 0 Å². The average Bonchev–Trinajstić information content (AvgIpc) is 2.89. The fraction of sp³-hybridized carbons (Fsp3) is 0.441. The molecular weight excluding hydrogens is 537 g/mol. The number of aliphatic carboxylic acids is 1. The van der Waals surface area contributed by atoms with E-state index in [0.29, 0.717) is 53.9 Å². The predicted molar refractivity (Wildman–Crippen MR) is 156 cm³/mol. The van der Waals surface area contributed by atoms with Crippen LogP contribution in [0.3, 0.4) is 0 Å². The Morgan fingerprint density at radius 1 is 0.929 bits per heavy atom. The lowest BCUT2D eigenvalue weighted by Gasteiger charge is -2.49. The third kappa shape index (κ3) is 5.72. The fourth-order valence-electron chi connectivity index (χ4n) is 6.61. The SMILES string of the molecule is COc1cc(C2C3=C(CC(C)(C)CC3=O)N(CCC(=O)O)C3=C2C(=O)CC(C)(C)C3)ccc1OCc1ccccc1F. The third-order valence-electron chi connectivity index (χ3n) is 8.43. The maximum atomic E-state index is 14.2. The largest absolute Gasteiger partial charge is 0.493 e. The lowest BCUT2D eigenvalue weighted by molar-refractivity contribution is -0.137. The molecule has 1 aliphatic heterocycles. The van der Waals surface area contributed by atoms with Gasteiger partial charge >= 0.3 is 5.97 Å². The van der Waals surface area contributed by atoms with Crippen molar-refractivity contribution < 1.29 is 33.4 Å². The standard InChI is InChI=1S/C34H38FNO6/c1-33(2)15-23-31(25(37)17-33)30(32-24(36(23)13-12-29(39)40)16-34(3,4)18-26(32)38)20-10-11-27(28(14-20)41-5)42-19-21-8-6-7-9-22(21)35/h6-11,14,30H,12-13,15-19H2,1-5H3,(H,39,40). The molecule has 0 atom stereocenters. The Morgan fingerprint density at radius 2 is 1.52 bits per heavy atom. The number of ether oxygens (including phenoxy) is 2. The fourth-order valence-corrected chi connectivity index (χ4v) is 6.61. The summed E-state index contributed by atoms with van der Waals surface area (Å²) in [5.41, 5.74) is 3.27. The van der Waals surface area contributed by atoms with Crippen molar-refractivity contribution >= 4 is 17.5 Å². The molecule has 0 fully saturated rings. The van der Waals surface area contributed by atoms with Gasteiger partial charge in [-0.1, -0.05) is 52.0 Å². The monoisotopic (exact) mass is 575 g/mol. The van der Waals surface area contributed by atoms with Gasteiger partial charge in [0.2, 0.25) is 0 Å². The van der Waals surface area contributed by atoms with E-state index in [-0.39, 0.29) is 47.8 Å². The van der Waals surface area contributed by atoms with Gasteiger partial charge in [0.15, 0.2) is 23.1 Å². The van der Waals surface area contributed by atoms with Gasteiger partial charge < -0.3 is 19.5 Å². The molecule has 7 nitrogen and oxygen atoms in total. The highest BCUT2D eigenvalue weighted by Crippen LogP contribution is 2.55. The van der Waals surface area contributed by atoms with E-state index in [4.69, 9.17) is 9.47 Å². The van der Waals surface area contributed by atoms with Crippen LogP contribution < -0.4 is 9.47 Å². The van der Waals surface area contributed by atoms with Crippen LogP contribution >= 0.6 is 0 Å². The first-order valence-corrected chi connectivity index (χ1v) is 14.4. The second kappa shape index (κ2) is 11.0. The summed E-state index contributed by atoms with van der Waals surface area (Å²) in [5, 5.41) is 9.55. The minimum atomic E-state index is -0.931. The lowest BCUT2D eigenvalue weighted by Crippen LogP contribution is -2.45. The molecule has 1 heterocycles. The number of hydrogen-bond donors (Lipinski definition) is 1. The van der Waals surface area contributed by atoms with Gasteiger partial charge in [-0.3, -0.25) is 14.4 Å². The summed E-state index contributed by atoms with van der Waals surface area (Å²) in [4.78, 5) is 41.4. The molecule has 0 radical (unpaired) electrons. The zero-order valence-corrected chi connectivity index (χ0v) is 24.9. The molecular formula is C34H38FNO6. The normalized spacial score (nSPS) is 19.9. The molecule has 1 N–H and O–H groups in total. The molecule has 0 aromatic heterocycles. The minimum absolute atomic E-state index is 0.0100. The Labute approximate surface area is 246 Å². The Morgan fingerprint density at radius 3 is 2.07 bits per heavy atom. The van der Waals surface area contributed by atoms with Crippen molar-refractivity contribution in [3.8, 4) is 11.5 Å². The number of benzene rings is 2. The highest BCUT2D eigenvalue weighted by molar-refractivity contribution is 6.06. The molecule has 2 aliphatic carbocycles. The Bertz CT molecular complexity index is 1460. The molecule has 3 aliphatic rings. The molecule has 222 valence electrons. The summed E-state index contributed by atoms with van der Waals surface area (Å²) in [6.45, 7) is 8.38. The first-order chi connectivity index (χ1) is 19.8. The van der Waals surface area contributed by atoms with Crippen LogP contribution in [0.15, 0.2) is 65.0 Å². The van der Waals surface area contributed by atoms with Crippen LogP contribution in [0.5, 0.6) is 11.5 Å². The topological polar surface area (TPSA) is 93.1 Å². The molecule has 8 heteroatoms. The number of Topliss-reactive ketones (excluding diaryl/α,β-unsaturated/α-hetero) is 2. The van der Waals surface area contributed by atoms with Crippen LogP contribution in [0.4, 0.5) is 4.39 Å². The molecule has 0 bridgehead atoms. The van der Waals surface area contributed by atoms with E-state index in [9.17, 15) is 23.9 Å². The van der Waals surface area contributed by atoms with Gasteiger partial charge in [0.05, 0.1) is 13.5 Å². The quantitative estimate of drug-likeness (QED) is 0.380. The van der Waals surface area contributed by atoms with E-state index in [1.807, 2.05) is 38.7 Å². The number of rotatable bonds is 8. The van der Waals surface area contributed by atoms with Crippen molar-refractivity contribution in [2.24, 2.45) is 10.8 Å². The molecule has 0 amide bonds. The van der Waals surface area contributed by atoms with Crippen LogP contribution in [-0.2, 0) is 21.0 Å². The van der Waals surface area contributed by atoms with Crippen molar-refractivity contribution in [1.82, 2.24) is 4.90 Å². The molecule has 0 unspecified atom stereocenters. The van der Waals surface area contributed by atoms with E-state index < -0.39 is 11.9 Å². The highest BCUT2D eigenvalue weighted by Gasteiger charge is 2.49. The van der Waals surface area contributed by atoms with Crippen molar-refractivity contribution in [1.29, 1.82) is 0 Å². The average molecular weight is 576 g/mol. The maximum absolute atomic E-state index is 14.2. The maximum Gasteiger partial charge on any atom is 0.305 e. The van der Waals surface area contributed by atoms with Gasteiger partial charge in [-0.25, -0.2) is 4.39 Å². The Balaban J connectivity index is 1.63. The summed E-state index contributed by atoms with van der Waals surface area (Å²) in [6.07, 6.45) is 1.74. The third-order valence-corrected chi connectivity index (χ3v) is 8.43. The number of carbonyl (C=O) groups is 3. The summed E-state index contributed by atoms with van der Waals surface area (Å²) in [5.74, 6) is -1.13. The zero-order chi connectivity index (χ0) is 30.4. The number of ketones is 2. The van der Waals surface area contributed by atoms with E-state index in [1.54, 1.807) is 30.3 Å². The predicted octanol–water partition coefficient (Wildman–Crippen LogP) is 6.57. The number of allylic oxidation sites excluding steroid dienone is 4. The second-order valence-electron chi connectivity index (χ2n) is 13.1. The molecule has 0 saturated heterocycles. The zero-order valence-electron chi connectivity index (χ0n) is 24.9. The van der Waals surface area contributed by atoms with Gasteiger partial charge in [0.25, 0.3) is 0 Å². The summed E-state index contributed by atoms with van der Waals surface area (Å²) in [6, 6.07) is 11.8. The Hall–Kier alpha value is -3.94. The van der Waals surface area contributed by atoms with Crippen LogP contribution in [0.2, 0.25) is 0 Å². The lowest BCUT2D eigenvalue weighted by atomic mass is 9.63. The number of carboxylic acid groups (broad SMARTS) is 1. The molecule has 0 spiro atoms. The van der Waals surface area contributed by atoms with Crippen LogP contribution in [-0.4, -0.2) is 41.2 Å². The molecule has 2 aromatic rings. The minimum Gasteiger partial charge on any atom is -0.493 e. The van der Waals surface area contributed by atoms with Gasteiger partial charge in [0, 0.05) is 53.4 Å². The van der Waals surface area contributed by atoms with Gasteiger partial charge in [-0.05, 0) is 47.4 Å². The van der Waals surface area contributed by atoms with Crippen LogP contribution in [0.1, 0.15) is 76.8 Å². The number of nitrogens with zero attached hydrogens (tertiary/aromatic N) is 1. The van der Waals surface area contributed by atoms with Crippen molar-refractivity contribution in [2.45, 2.75) is 72.3 Å². The van der Waals surface area contributed by atoms with Crippen molar-refractivity contribution in [3.05, 3.63) is 81.9 Å². The number of carbonyl (C=O) groups excluding carboxylic acids is 2. The summed E-state index contributed by atoms with van der Waals surface area (Å²) in [7, 11) is 1.52. The summed E-state index contributed by atoms with van der Waals surface area (Å²) < 4.78 is 25.8. The van der Waals surface area contributed by atoms with E-state index in [2.05, 4.69) is 0 Å². The van der Waals surface area contributed by atoms with E-state index in [1.165, 1.54) is 13.2 Å². The smallest absolute Gasteiger partial charge is 0.305 e. The van der Waals surface area contributed by atoms with Crippen LogP contribution in [0, 0.1) is 16.6 Å². The van der Waals surface area contributed by atoms with E-state index in [0.717, 1.165) is 17.0 Å². The molecule has 0 saturated carbocycles. The van der Waals surface area contributed by atoms with Crippen molar-refractivity contribution in [2.75, 3.05) is 13.7 Å². The molecule has 5 rings (SSSR count). The van der Waals surface area contributed by atoms with Gasteiger partial charge in [0.1, 0.15) is 12.4 Å². The van der Waals surface area contributed by atoms with Gasteiger partial charge in [-0.15, -0.1) is 0 Å².